The smallest absolute Gasteiger partial charge is 0.416 e. The molecule has 0 saturated heterocycles. The van der Waals surface area contributed by atoms with Gasteiger partial charge in [0.2, 0.25) is 0 Å². The maximum Gasteiger partial charge on any atom is 0.416 e. The van der Waals surface area contributed by atoms with Crippen molar-refractivity contribution in [3.63, 3.8) is 0 Å². The van der Waals surface area contributed by atoms with Crippen LogP contribution >= 0.6 is 0 Å². The van der Waals surface area contributed by atoms with Gasteiger partial charge in [-0.3, -0.25) is 0 Å². The molecule has 0 radical (unpaired) electrons. The summed E-state index contributed by atoms with van der Waals surface area (Å²) < 4.78 is 37.5. The largest absolute Gasteiger partial charge is 0.479 e. The van der Waals surface area contributed by atoms with Crippen LogP contribution in [-0.2, 0) is 11.0 Å². The van der Waals surface area contributed by atoms with Gasteiger partial charge < -0.3 is 10.2 Å². The van der Waals surface area contributed by atoms with Crippen molar-refractivity contribution in [3.8, 4) is 0 Å². The van der Waals surface area contributed by atoms with Crippen LogP contribution < -0.4 is 0 Å². The molecular weight excluding hydrogens is 225 g/mol. The van der Waals surface area contributed by atoms with Gasteiger partial charge in [0.25, 0.3) is 0 Å². The van der Waals surface area contributed by atoms with Crippen molar-refractivity contribution in [1.29, 1.82) is 0 Å². The standard InChI is InChI=1S/C10H9F3O3/c1-5-2-3-7(10(11,12)13)6(4-5)8(14)9(15)16/h2-4,8,14H,1H3,(H,15,16). The number of aliphatic hydroxyl groups is 1. The average molecular weight is 234 g/mol. The highest BCUT2D eigenvalue weighted by Crippen LogP contribution is 2.35. The molecule has 0 heterocycles. The van der Waals surface area contributed by atoms with Gasteiger partial charge in [-0.1, -0.05) is 17.7 Å². The lowest BCUT2D eigenvalue weighted by Gasteiger charge is -2.15. The zero-order chi connectivity index (χ0) is 12.5. The molecule has 0 aliphatic heterocycles. The Labute approximate surface area is 89.1 Å². The lowest BCUT2D eigenvalue weighted by atomic mass is 9.99. The topological polar surface area (TPSA) is 57.5 Å². The molecule has 1 unspecified atom stereocenters. The second kappa shape index (κ2) is 4.13. The highest BCUT2D eigenvalue weighted by atomic mass is 19.4. The summed E-state index contributed by atoms with van der Waals surface area (Å²) in [5.41, 5.74) is -1.32. The Morgan fingerprint density at radius 3 is 2.38 bits per heavy atom. The number of carboxylic acid groups (broad SMARTS) is 1. The first kappa shape index (κ1) is 12.5. The molecule has 0 fully saturated rings. The summed E-state index contributed by atoms with van der Waals surface area (Å²) in [6.45, 7) is 1.51. The van der Waals surface area contributed by atoms with Crippen LogP contribution in [0.4, 0.5) is 13.2 Å². The van der Waals surface area contributed by atoms with E-state index in [9.17, 15) is 18.0 Å². The number of carboxylic acids is 1. The summed E-state index contributed by atoms with van der Waals surface area (Å²) in [4.78, 5) is 10.5. The van der Waals surface area contributed by atoms with Crippen LogP contribution in [0.25, 0.3) is 0 Å². The molecule has 0 aliphatic rings. The number of rotatable bonds is 2. The monoisotopic (exact) mass is 234 g/mol. The number of hydrogen-bond acceptors (Lipinski definition) is 2. The molecule has 6 heteroatoms. The van der Waals surface area contributed by atoms with Crippen molar-refractivity contribution in [2.24, 2.45) is 0 Å². The normalized spacial score (nSPS) is 13.6. The van der Waals surface area contributed by atoms with E-state index in [0.29, 0.717) is 5.56 Å². The molecule has 0 aliphatic carbocycles. The van der Waals surface area contributed by atoms with E-state index in [2.05, 4.69) is 0 Å². The van der Waals surface area contributed by atoms with E-state index in [1.54, 1.807) is 0 Å². The van der Waals surface area contributed by atoms with E-state index < -0.39 is 29.4 Å². The van der Waals surface area contributed by atoms with E-state index in [0.717, 1.165) is 12.1 Å². The van der Waals surface area contributed by atoms with Gasteiger partial charge in [0.1, 0.15) is 0 Å². The first-order valence-corrected chi connectivity index (χ1v) is 4.32. The van der Waals surface area contributed by atoms with Gasteiger partial charge in [0, 0.05) is 5.56 Å². The SMILES string of the molecule is Cc1ccc(C(F)(F)F)c(C(O)C(=O)O)c1. The van der Waals surface area contributed by atoms with Gasteiger partial charge >= 0.3 is 12.1 Å². The minimum absolute atomic E-state index is 0.448. The minimum Gasteiger partial charge on any atom is -0.479 e. The molecular formula is C10H9F3O3. The molecule has 1 atom stereocenters. The van der Waals surface area contributed by atoms with Gasteiger partial charge in [-0.2, -0.15) is 13.2 Å². The highest BCUT2D eigenvalue weighted by Gasteiger charge is 2.36. The van der Waals surface area contributed by atoms with Gasteiger partial charge in [0.05, 0.1) is 5.56 Å². The summed E-state index contributed by atoms with van der Waals surface area (Å²) in [5, 5.41) is 17.7. The summed E-state index contributed by atoms with van der Waals surface area (Å²) in [5.74, 6) is -1.71. The Hall–Kier alpha value is -1.56. The molecule has 0 amide bonds. The minimum atomic E-state index is -4.68. The second-order valence-corrected chi connectivity index (χ2v) is 3.33. The molecule has 1 rings (SSSR count). The van der Waals surface area contributed by atoms with E-state index in [1.165, 1.54) is 13.0 Å². The van der Waals surface area contributed by atoms with E-state index in [4.69, 9.17) is 10.2 Å². The van der Waals surface area contributed by atoms with Gasteiger partial charge in [-0.05, 0) is 13.0 Å². The fourth-order valence-electron chi connectivity index (χ4n) is 1.30. The quantitative estimate of drug-likeness (QED) is 0.824. The van der Waals surface area contributed by atoms with Crippen LogP contribution in [0.5, 0.6) is 0 Å². The van der Waals surface area contributed by atoms with Crippen molar-refractivity contribution in [2.75, 3.05) is 0 Å². The first-order chi connectivity index (χ1) is 7.23. The lowest BCUT2D eigenvalue weighted by Crippen LogP contribution is -2.17. The van der Waals surface area contributed by atoms with Crippen molar-refractivity contribution in [3.05, 3.63) is 34.9 Å². The third kappa shape index (κ3) is 2.52. The van der Waals surface area contributed by atoms with Crippen LogP contribution in [0.3, 0.4) is 0 Å². The maximum absolute atomic E-state index is 12.5. The first-order valence-electron chi connectivity index (χ1n) is 4.32. The predicted octanol–water partition coefficient (Wildman–Crippen LogP) is 2.13. The number of aryl methyl sites for hydroxylation is 1. The third-order valence-corrected chi connectivity index (χ3v) is 2.04. The summed E-state index contributed by atoms with van der Waals surface area (Å²) in [6.07, 6.45) is -6.85. The predicted molar refractivity (Wildman–Crippen MR) is 48.8 cm³/mol. The molecule has 2 N–H and O–H groups in total. The molecule has 0 spiro atoms. The molecule has 1 aromatic rings. The Morgan fingerprint density at radius 2 is 1.94 bits per heavy atom. The number of halogens is 3. The molecule has 0 bridgehead atoms. The fraction of sp³-hybridized carbons (Fsp3) is 0.300. The molecule has 3 nitrogen and oxygen atoms in total. The van der Waals surface area contributed by atoms with Gasteiger partial charge in [-0.25, -0.2) is 4.79 Å². The number of hydrogen-bond donors (Lipinski definition) is 2. The lowest BCUT2D eigenvalue weighted by molar-refractivity contribution is -0.149. The van der Waals surface area contributed by atoms with Crippen molar-refractivity contribution >= 4 is 5.97 Å². The Balaban J connectivity index is 3.35. The molecule has 0 saturated carbocycles. The summed E-state index contributed by atoms with van der Waals surface area (Å²) >= 11 is 0. The van der Waals surface area contributed by atoms with E-state index >= 15 is 0 Å². The summed E-state index contributed by atoms with van der Waals surface area (Å²) in [6, 6.07) is 2.99. The number of alkyl halides is 3. The average Bonchev–Trinajstić information content (AvgIpc) is 2.14. The van der Waals surface area contributed by atoms with Crippen LogP contribution in [0.2, 0.25) is 0 Å². The van der Waals surface area contributed by atoms with Crippen molar-refractivity contribution in [2.45, 2.75) is 19.2 Å². The van der Waals surface area contributed by atoms with E-state index in [-0.39, 0.29) is 0 Å². The number of benzene rings is 1. The molecule has 1 aromatic carbocycles. The second-order valence-electron chi connectivity index (χ2n) is 3.33. The Morgan fingerprint density at radius 1 is 1.38 bits per heavy atom. The van der Waals surface area contributed by atoms with E-state index in [1.807, 2.05) is 0 Å². The number of aliphatic carboxylic acids is 1. The Kier molecular flexibility index (Phi) is 3.23. The molecule has 16 heavy (non-hydrogen) atoms. The van der Waals surface area contributed by atoms with Crippen molar-refractivity contribution in [1.82, 2.24) is 0 Å². The van der Waals surface area contributed by atoms with Crippen LogP contribution in [0, 0.1) is 6.92 Å². The zero-order valence-corrected chi connectivity index (χ0v) is 8.25. The number of carbonyl (C=O) groups is 1. The van der Waals surface area contributed by atoms with Crippen LogP contribution in [0.15, 0.2) is 18.2 Å². The van der Waals surface area contributed by atoms with Gasteiger partial charge in [0.15, 0.2) is 6.10 Å². The van der Waals surface area contributed by atoms with Crippen LogP contribution in [0.1, 0.15) is 22.8 Å². The fourth-order valence-corrected chi connectivity index (χ4v) is 1.30. The Bertz CT molecular complexity index is 412. The molecule has 88 valence electrons. The molecule has 0 aromatic heterocycles. The van der Waals surface area contributed by atoms with Crippen molar-refractivity contribution < 1.29 is 28.2 Å². The highest BCUT2D eigenvalue weighted by molar-refractivity contribution is 5.74. The zero-order valence-electron chi connectivity index (χ0n) is 8.25. The number of aliphatic hydroxyl groups excluding tert-OH is 1. The van der Waals surface area contributed by atoms with Gasteiger partial charge in [-0.15, -0.1) is 0 Å². The third-order valence-electron chi connectivity index (χ3n) is 2.04. The maximum atomic E-state index is 12.5. The van der Waals surface area contributed by atoms with Crippen LogP contribution in [-0.4, -0.2) is 16.2 Å². The summed E-state index contributed by atoms with van der Waals surface area (Å²) in [7, 11) is 0.